The summed E-state index contributed by atoms with van der Waals surface area (Å²) < 4.78 is 22.5. The SMILES string of the molecule is CCCOc1c(OC)cc(Cc2cncc3[c]c(OCC)ccc23)cc1OC. The van der Waals surface area contributed by atoms with Gasteiger partial charge in [-0.05, 0) is 54.5 Å². The maximum Gasteiger partial charge on any atom is 0.203 e. The molecular formula is C23H26NO4. The fourth-order valence-corrected chi connectivity index (χ4v) is 3.13. The maximum atomic E-state index is 5.83. The van der Waals surface area contributed by atoms with Gasteiger partial charge in [0, 0.05) is 23.8 Å². The first kappa shape index (κ1) is 19.8. The topological polar surface area (TPSA) is 49.8 Å². The lowest BCUT2D eigenvalue weighted by molar-refractivity contribution is 0.274. The number of aromatic nitrogens is 1. The molecule has 1 aromatic heterocycles. The first-order valence-electron chi connectivity index (χ1n) is 9.49. The Labute approximate surface area is 166 Å². The van der Waals surface area contributed by atoms with Crippen molar-refractivity contribution < 1.29 is 18.9 Å². The van der Waals surface area contributed by atoms with Gasteiger partial charge in [-0.25, -0.2) is 0 Å². The van der Waals surface area contributed by atoms with Crippen molar-refractivity contribution in [1.29, 1.82) is 0 Å². The normalized spacial score (nSPS) is 10.7. The highest BCUT2D eigenvalue weighted by atomic mass is 16.5. The molecule has 0 aliphatic carbocycles. The fraction of sp³-hybridized carbons (Fsp3) is 0.348. The van der Waals surface area contributed by atoms with Gasteiger partial charge in [0.25, 0.3) is 0 Å². The van der Waals surface area contributed by atoms with Gasteiger partial charge in [0.1, 0.15) is 5.75 Å². The molecule has 0 aliphatic heterocycles. The molecule has 0 saturated carbocycles. The summed E-state index contributed by atoms with van der Waals surface area (Å²) in [5, 5.41) is 2.04. The van der Waals surface area contributed by atoms with E-state index in [-0.39, 0.29) is 0 Å². The van der Waals surface area contributed by atoms with E-state index >= 15 is 0 Å². The van der Waals surface area contributed by atoms with Gasteiger partial charge in [0.15, 0.2) is 11.5 Å². The van der Waals surface area contributed by atoms with Crippen LogP contribution in [0.25, 0.3) is 10.8 Å². The van der Waals surface area contributed by atoms with E-state index in [1.54, 1.807) is 14.2 Å². The molecule has 0 aliphatic rings. The third-order valence-corrected chi connectivity index (χ3v) is 4.39. The minimum absolute atomic E-state index is 0.608. The van der Waals surface area contributed by atoms with Crippen molar-refractivity contribution in [2.24, 2.45) is 0 Å². The van der Waals surface area contributed by atoms with Crippen LogP contribution in [0.3, 0.4) is 0 Å². The second-order valence-corrected chi connectivity index (χ2v) is 6.37. The number of ether oxygens (including phenoxy) is 4. The Morgan fingerprint density at radius 2 is 1.71 bits per heavy atom. The van der Waals surface area contributed by atoms with Crippen molar-refractivity contribution in [3.8, 4) is 23.0 Å². The predicted molar refractivity (Wildman–Crippen MR) is 110 cm³/mol. The van der Waals surface area contributed by atoms with Crippen LogP contribution in [0.1, 0.15) is 31.4 Å². The molecule has 0 N–H and O–H groups in total. The summed E-state index contributed by atoms with van der Waals surface area (Å²) in [6, 6.07) is 11.3. The van der Waals surface area contributed by atoms with Gasteiger partial charge < -0.3 is 18.9 Å². The van der Waals surface area contributed by atoms with Crippen molar-refractivity contribution in [2.75, 3.05) is 27.4 Å². The van der Waals surface area contributed by atoms with Gasteiger partial charge in [-0.2, -0.15) is 0 Å². The number of pyridine rings is 1. The van der Waals surface area contributed by atoms with E-state index in [2.05, 4.69) is 24.0 Å². The lowest BCUT2D eigenvalue weighted by atomic mass is 10.00. The molecule has 147 valence electrons. The molecule has 3 aromatic rings. The van der Waals surface area contributed by atoms with E-state index in [0.717, 1.165) is 34.1 Å². The predicted octanol–water partition coefficient (Wildman–Crippen LogP) is 4.83. The molecular weight excluding hydrogens is 354 g/mol. The van der Waals surface area contributed by atoms with E-state index in [0.29, 0.717) is 36.9 Å². The van der Waals surface area contributed by atoms with Crippen LogP contribution in [-0.4, -0.2) is 32.4 Å². The fourth-order valence-electron chi connectivity index (χ4n) is 3.13. The van der Waals surface area contributed by atoms with Gasteiger partial charge in [-0.1, -0.05) is 13.0 Å². The summed E-state index contributed by atoms with van der Waals surface area (Å²) in [6.45, 7) is 5.24. The van der Waals surface area contributed by atoms with Crippen LogP contribution in [0.15, 0.2) is 36.7 Å². The summed E-state index contributed by atoms with van der Waals surface area (Å²) in [7, 11) is 3.28. The first-order chi connectivity index (χ1) is 13.7. The lowest BCUT2D eigenvalue weighted by Crippen LogP contribution is -2.02. The molecule has 0 amide bonds. The molecule has 28 heavy (non-hydrogen) atoms. The van der Waals surface area contributed by atoms with Crippen LogP contribution in [0.4, 0.5) is 0 Å². The lowest BCUT2D eigenvalue weighted by Gasteiger charge is -2.16. The van der Waals surface area contributed by atoms with Crippen LogP contribution < -0.4 is 18.9 Å². The smallest absolute Gasteiger partial charge is 0.203 e. The number of hydrogen-bond acceptors (Lipinski definition) is 5. The number of hydrogen-bond donors (Lipinski definition) is 0. The Morgan fingerprint density at radius 3 is 2.36 bits per heavy atom. The van der Waals surface area contributed by atoms with Crippen molar-refractivity contribution in [3.05, 3.63) is 53.9 Å². The molecule has 0 fully saturated rings. The van der Waals surface area contributed by atoms with E-state index < -0.39 is 0 Å². The molecule has 5 heteroatoms. The zero-order valence-corrected chi connectivity index (χ0v) is 16.9. The molecule has 1 heterocycles. The third-order valence-electron chi connectivity index (χ3n) is 4.39. The molecule has 0 atom stereocenters. The Hall–Kier alpha value is -2.95. The monoisotopic (exact) mass is 380 g/mol. The highest BCUT2D eigenvalue weighted by molar-refractivity contribution is 5.85. The van der Waals surface area contributed by atoms with Crippen molar-refractivity contribution in [3.63, 3.8) is 0 Å². The third kappa shape index (κ3) is 4.30. The Kier molecular flexibility index (Phi) is 6.58. The Balaban J connectivity index is 1.97. The quantitative estimate of drug-likeness (QED) is 0.532. The second kappa shape index (κ2) is 9.31. The number of benzene rings is 2. The van der Waals surface area contributed by atoms with Crippen molar-refractivity contribution in [2.45, 2.75) is 26.7 Å². The van der Waals surface area contributed by atoms with Gasteiger partial charge in [0.05, 0.1) is 27.4 Å². The highest BCUT2D eigenvalue weighted by Gasteiger charge is 2.15. The Bertz CT molecular complexity index is 914. The largest absolute Gasteiger partial charge is 0.493 e. The summed E-state index contributed by atoms with van der Waals surface area (Å²) in [5.74, 6) is 2.71. The number of rotatable bonds is 9. The van der Waals surface area contributed by atoms with E-state index in [1.165, 1.54) is 0 Å². The molecule has 1 radical (unpaired) electrons. The number of methoxy groups -OCH3 is 2. The van der Waals surface area contributed by atoms with E-state index in [9.17, 15) is 0 Å². The van der Waals surface area contributed by atoms with Crippen LogP contribution in [0.5, 0.6) is 23.0 Å². The van der Waals surface area contributed by atoms with Crippen molar-refractivity contribution >= 4 is 10.8 Å². The van der Waals surface area contributed by atoms with Crippen LogP contribution in [0.2, 0.25) is 0 Å². The molecule has 0 saturated heterocycles. The van der Waals surface area contributed by atoms with Crippen LogP contribution in [-0.2, 0) is 6.42 Å². The zero-order chi connectivity index (χ0) is 19.9. The minimum Gasteiger partial charge on any atom is -0.493 e. The summed E-state index contributed by atoms with van der Waals surface area (Å²) >= 11 is 0. The summed E-state index contributed by atoms with van der Waals surface area (Å²) in [4.78, 5) is 4.38. The maximum absolute atomic E-state index is 5.83. The standard InChI is InChI=1S/C23H26NO4/c1-5-9-28-23-21(25-3)11-16(12-22(23)26-4)10-17-14-24-15-18-13-19(27-6-2)7-8-20(17)18/h7-8,11-12,14-15H,5-6,9-10H2,1-4H3. The average Bonchev–Trinajstić information content (AvgIpc) is 2.72. The van der Waals surface area contributed by atoms with E-state index in [4.69, 9.17) is 18.9 Å². The number of fused-ring (bicyclic) bond motifs is 1. The first-order valence-corrected chi connectivity index (χ1v) is 9.49. The molecule has 2 aromatic carbocycles. The van der Waals surface area contributed by atoms with Crippen molar-refractivity contribution in [1.82, 2.24) is 4.98 Å². The summed E-state index contributed by atoms with van der Waals surface area (Å²) in [6.07, 6.45) is 5.30. The van der Waals surface area contributed by atoms with Gasteiger partial charge >= 0.3 is 0 Å². The molecule has 0 spiro atoms. The zero-order valence-electron chi connectivity index (χ0n) is 16.9. The molecule has 0 unspecified atom stereocenters. The van der Waals surface area contributed by atoms with E-state index in [1.807, 2.05) is 37.5 Å². The van der Waals surface area contributed by atoms with Gasteiger partial charge in [-0.3, -0.25) is 4.98 Å². The molecule has 3 rings (SSSR count). The Morgan fingerprint density at radius 1 is 0.964 bits per heavy atom. The average molecular weight is 380 g/mol. The minimum atomic E-state index is 0.608. The van der Waals surface area contributed by atoms with Crippen LogP contribution >= 0.6 is 0 Å². The van der Waals surface area contributed by atoms with Gasteiger partial charge in [-0.15, -0.1) is 0 Å². The second-order valence-electron chi connectivity index (χ2n) is 6.37. The highest BCUT2D eigenvalue weighted by Crippen LogP contribution is 2.39. The number of nitrogens with zero attached hydrogens (tertiary/aromatic N) is 1. The summed E-state index contributed by atoms with van der Waals surface area (Å²) in [5.41, 5.74) is 2.16. The molecule has 0 bridgehead atoms. The van der Waals surface area contributed by atoms with Gasteiger partial charge in [0.2, 0.25) is 5.75 Å². The van der Waals surface area contributed by atoms with Crippen LogP contribution in [0, 0.1) is 6.07 Å². The molecule has 5 nitrogen and oxygen atoms in total.